The molecular formula is C20H21N3O2S2. The summed E-state index contributed by atoms with van der Waals surface area (Å²) in [4.78, 5) is 28.4. The maximum Gasteiger partial charge on any atom is 0.234 e. The SMILES string of the molecule is Cc1cccc(NC(=O)CSCC(=O)NCCc2nc3ccccc3s2)c1. The van der Waals surface area contributed by atoms with Gasteiger partial charge < -0.3 is 10.6 Å². The molecule has 0 aliphatic carbocycles. The van der Waals surface area contributed by atoms with Crippen LogP contribution < -0.4 is 10.6 Å². The second-order valence-electron chi connectivity index (χ2n) is 6.09. The summed E-state index contributed by atoms with van der Waals surface area (Å²) >= 11 is 2.96. The normalized spacial score (nSPS) is 10.7. The number of thiazole rings is 1. The van der Waals surface area contributed by atoms with Gasteiger partial charge in [0.2, 0.25) is 11.8 Å². The number of nitrogens with zero attached hydrogens (tertiary/aromatic N) is 1. The molecule has 2 aromatic carbocycles. The molecule has 0 saturated carbocycles. The van der Waals surface area contributed by atoms with Crippen molar-refractivity contribution in [2.75, 3.05) is 23.4 Å². The lowest BCUT2D eigenvalue weighted by molar-refractivity contribution is -0.118. The number of fused-ring (bicyclic) bond motifs is 1. The molecule has 3 rings (SSSR count). The van der Waals surface area contributed by atoms with Crippen molar-refractivity contribution >= 4 is 50.8 Å². The fraction of sp³-hybridized carbons (Fsp3) is 0.250. The molecule has 0 bridgehead atoms. The van der Waals surface area contributed by atoms with Crippen LogP contribution in [0.3, 0.4) is 0 Å². The molecule has 2 amide bonds. The Balaban J connectivity index is 1.33. The molecule has 5 nitrogen and oxygen atoms in total. The Morgan fingerprint density at radius 2 is 1.89 bits per heavy atom. The maximum absolute atomic E-state index is 11.9. The number of thioether (sulfide) groups is 1. The third-order valence-electron chi connectivity index (χ3n) is 3.77. The zero-order chi connectivity index (χ0) is 19.1. The molecule has 1 aromatic heterocycles. The lowest BCUT2D eigenvalue weighted by Gasteiger charge is -2.06. The summed E-state index contributed by atoms with van der Waals surface area (Å²) in [6.07, 6.45) is 0.712. The average molecular weight is 400 g/mol. The van der Waals surface area contributed by atoms with Crippen LogP contribution in [0.5, 0.6) is 0 Å². The van der Waals surface area contributed by atoms with Gasteiger partial charge in [0.1, 0.15) is 0 Å². The minimum atomic E-state index is -0.104. The number of aryl methyl sites for hydroxylation is 1. The number of carbonyl (C=O) groups excluding carboxylic acids is 2. The number of nitrogens with one attached hydrogen (secondary N) is 2. The highest BCUT2D eigenvalue weighted by molar-refractivity contribution is 8.00. The van der Waals surface area contributed by atoms with Gasteiger partial charge in [0, 0.05) is 18.7 Å². The molecule has 0 unspecified atom stereocenters. The van der Waals surface area contributed by atoms with Gasteiger partial charge in [0.15, 0.2) is 0 Å². The fourth-order valence-electron chi connectivity index (χ4n) is 2.54. The van der Waals surface area contributed by atoms with Crippen molar-refractivity contribution < 1.29 is 9.59 Å². The van der Waals surface area contributed by atoms with Crippen molar-refractivity contribution in [3.05, 3.63) is 59.1 Å². The fourth-order valence-corrected chi connectivity index (χ4v) is 4.16. The maximum atomic E-state index is 11.9. The average Bonchev–Trinajstić information content (AvgIpc) is 3.04. The highest BCUT2D eigenvalue weighted by Gasteiger charge is 2.07. The summed E-state index contributed by atoms with van der Waals surface area (Å²) in [5, 5.41) is 6.73. The van der Waals surface area contributed by atoms with Crippen LogP contribution in [0.25, 0.3) is 10.2 Å². The number of carbonyl (C=O) groups is 2. The molecule has 0 fully saturated rings. The quantitative estimate of drug-likeness (QED) is 0.607. The van der Waals surface area contributed by atoms with E-state index < -0.39 is 0 Å². The second kappa shape index (κ2) is 9.53. The number of anilines is 1. The van der Waals surface area contributed by atoms with Crippen LogP contribution in [0.1, 0.15) is 10.6 Å². The van der Waals surface area contributed by atoms with Crippen molar-refractivity contribution in [1.82, 2.24) is 10.3 Å². The van der Waals surface area contributed by atoms with Crippen molar-refractivity contribution in [2.24, 2.45) is 0 Å². The van der Waals surface area contributed by atoms with E-state index in [1.54, 1.807) is 11.3 Å². The number of benzene rings is 2. The number of aromatic nitrogens is 1. The molecule has 0 saturated heterocycles. The van der Waals surface area contributed by atoms with Crippen LogP contribution in [-0.4, -0.2) is 34.8 Å². The van der Waals surface area contributed by atoms with Crippen molar-refractivity contribution in [3.8, 4) is 0 Å². The highest BCUT2D eigenvalue weighted by atomic mass is 32.2. The summed E-state index contributed by atoms with van der Waals surface area (Å²) in [5.74, 6) is 0.345. The Labute approximate surface area is 166 Å². The minimum Gasteiger partial charge on any atom is -0.355 e. The standard InChI is InChI=1S/C20H21N3O2S2/c1-14-5-4-6-15(11-14)22-19(25)13-26-12-18(24)21-10-9-20-23-16-7-2-3-8-17(16)27-20/h2-8,11H,9-10,12-13H2,1H3,(H,21,24)(H,22,25). The van der Waals surface area contributed by atoms with Gasteiger partial charge >= 0.3 is 0 Å². The van der Waals surface area contributed by atoms with Gasteiger partial charge in [-0.05, 0) is 36.8 Å². The monoisotopic (exact) mass is 399 g/mol. The van der Waals surface area contributed by atoms with E-state index in [0.29, 0.717) is 13.0 Å². The number of hydrogen-bond donors (Lipinski definition) is 2. The van der Waals surface area contributed by atoms with E-state index >= 15 is 0 Å². The molecule has 3 aromatic rings. The topological polar surface area (TPSA) is 71.1 Å². The van der Waals surface area contributed by atoms with E-state index in [1.807, 2.05) is 55.5 Å². The Kier molecular flexibility index (Phi) is 6.84. The summed E-state index contributed by atoms with van der Waals surface area (Å²) in [6.45, 7) is 2.53. The molecule has 140 valence electrons. The van der Waals surface area contributed by atoms with Crippen molar-refractivity contribution in [2.45, 2.75) is 13.3 Å². The summed E-state index contributed by atoms with van der Waals surface area (Å²) in [7, 11) is 0. The van der Waals surface area contributed by atoms with Gasteiger partial charge in [-0.25, -0.2) is 4.98 Å². The Morgan fingerprint density at radius 3 is 2.70 bits per heavy atom. The van der Waals surface area contributed by atoms with Gasteiger partial charge in [-0.2, -0.15) is 0 Å². The Hall–Kier alpha value is -2.38. The van der Waals surface area contributed by atoms with E-state index in [2.05, 4.69) is 15.6 Å². The molecule has 7 heteroatoms. The first kappa shape index (κ1) is 19.4. The van der Waals surface area contributed by atoms with Crippen LogP contribution in [0, 0.1) is 6.92 Å². The first-order valence-electron chi connectivity index (χ1n) is 8.65. The molecule has 27 heavy (non-hydrogen) atoms. The first-order valence-corrected chi connectivity index (χ1v) is 10.6. The molecule has 0 aliphatic rings. The van der Waals surface area contributed by atoms with E-state index in [9.17, 15) is 9.59 Å². The second-order valence-corrected chi connectivity index (χ2v) is 8.19. The molecule has 1 heterocycles. The Morgan fingerprint density at radius 1 is 1.07 bits per heavy atom. The largest absolute Gasteiger partial charge is 0.355 e. The van der Waals surface area contributed by atoms with E-state index in [-0.39, 0.29) is 23.3 Å². The molecule has 0 radical (unpaired) electrons. The van der Waals surface area contributed by atoms with Gasteiger partial charge in [0.25, 0.3) is 0 Å². The van der Waals surface area contributed by atoms with Crippen molar-refractivity contribution in [3.63, 3.8) is 0 Å². The van der Waals surface area contributed by atoms with Gasteiger partial charge in [-0.15, -0.1) is 23.1 Å². The van der Waals surface area contributed by atoms with E-state index in [0.717, 1.165) is 26.5 Å². The predicted molar refractivity (Wildman–Crippen MR) is 113 cm³/mol. The lowest BCUT2D eigenvalue weighted by Crippen LogP contribution is -2.28. The Bertz CT molecular complexity index is 907. The number of hydrogen-bond acceptors (Lipinski definition) is 5. The zero-order valence-corrected chi connectivity index (χ0v) is 16.7. The summed E-state index contributed by atoms with van der Waals surface area (Å²) in [6, 6.07) is 15.7. The van der Waals surface area contributed by atoms with Crippen LogP contribution in [0.2, 0.25) is 0 Å². The predicted octanol–water partition coefficient (Wildman–Crippen LogP) is 3.64. The van der Waals surface area contributed by atoms with E-state index in [4.69, 9.17) is 0 Å². The molecule has 0 atom stereocenters. The van der Waals surface area contributed by atoms with Crippen LogP contribution in [0.15, 0.2) is 48.5 Å². The van der Waals surface area contributed by atoms with E-state index in [1.165, 1.54) is 11.8 Å². The van der Waals surface area contributed by atoms with Crippen LogP contribution in [0.4, 0.5) is 5.69 Å². The lowest BCUT2D eigenvalue weighted by atomic mass is 10.2. The summed E-state index contributed by atoms with van der Waals surface area (Å²) < 4.78 is 1.16. The zero-order valence-electron chi connectivity index (χ0n) is 15.0. The molecule has 0 spiro atoms. The summed E-state index contributed by atoms with van der Waals surface area (Å²) in [5.41, 5.74) is 2.87. The first-order chi connectivity index (χ1) is 13.1. The number of para-hydroxylation sites is 1. The van der Waals surface area contributed by atoms with Crippen molar-refractivity contribution in [1.29, 1.82) is 0 Å². The molecular weight excluding hydrogens is 378 g/mol. The number of rotatable bonds is 8. The molecule has 2 N–H and O–H groups in total. The smallest absolute Gasteiger partial charge is 0.234 e. The van der Waals surface area contributed by atoms with Gasteiger partial charge in [0.05, 0.1) is 26.7 Å². The van der Waals surface area contributed by atoms with Crippen LogP contribution >= 0.6 is 23.1 Å². The van der Waals surface area contributed by atoms with Gasteiger partial charge in [-0.1, -0.05) is 24.3 Å². The third kappa shape index (κ3) is 6.08. The van der Waals surface area contributed by atoms with Gasteiger partial charge in [-0.3, -0.25) is 9.59 Å². The van der Waals surface area contributed by atoms with Crippen LogP contribution in [-0.2, 0) is 16.0 Å². The highest BCUT2D eigenvalue weighted by Crippen LogP contribution is 2.21. The third-order valence-corrected chi connectivity index (χ3v) is 5.80. The minimum absolute atomic E-state index is 0.0653. The number of amides is 2. The molecule has 0 aliphatic heterocycles.